The largest absolute Gasteiger partial charge is 0.383 e. The average molecular weight is 290 g/mol. The Morgan fingerprint density at radius 1 is 1.38 bits per heavy atom. The number of aliphatic hydroxyl groups is 1. The molecule has 116 valence electrons. The van der Waals surface area contributed by atoms with Gasteiger partial charge in [0.1, 0.15) is 6.10 Å². The number of primary amides is 1. The first-order valence-electron chi connectivity index (χ1n) is 7.82. The van der Waals surface area contributed by atoms with Crippen LogP contribution in [0.5, 0.6) is 0 Å². The molecule has 0 aliphatic carbocycles. The van der Waals surface area contributed by atoms with Gasteiger partial charge in [0.15, 0.2) is 0 Å². The number of aryl methyl sites for hydroxylation is 2. The molecule has 0 spiro atoms. The highest BCUT2D eigenvalue weighted by atomic mass is 16.3. The zero-order chi connectivity index (χ0) is 15.2. The predicted molar refractivity (Wildman–Crippen MR) is 83.9 cm³/mol. The Balaban J connectivity index is 1.70. The fourth-order valence-electron chi connectivity index (χ4n) is 3.11. The van der Waals surface area contributed by atoms with Crippen molar-refractivity contribution in [2.45, 2.75) is 38.7 Å². The van der Waals surface area contributed by atoms with Crippen LogP contribution in [0.15, 0.2) is 24.3 Å². The topological polar surface area (TPSA) is 66.6 Å². The zero-order valence-electron chi connectivity index (χ0n) is 12.8. The lowest BCUT2D eigenvalue weighted by molar-refractivity contribution is -0.129. The standard InChI is InChI=1S/C17H26N2O2/c1-13-5-2-3-6-14(13)7-4-10-19-11-8-15(9-12-19)16(20)17(18)21/h2-3,5-6,15-16,20H,4,7-12H2,1H3,(H2,18,21)/t16-/m1/s1. The van der Waals surface area contributed by atoms with Gasteiger partial charge in [0.2, 0.25) is 5.91 Å². The number of carbonyl (C=O) groups is 1. The van der Waals surface area contributed by atoms with Crippen molar-refractivity contribution >= 4 is 5.91 Å². The number of hydrogen-bond donors (Lipinski definition) is 2. The molecule has 0 aromatic heterocycles. The van der Waals surface area contributed by atoms with E-state index in [-0.39, 0.29) is 5.92 Å². The molecule has 0 unspecified atom stereocenters. The van der Waals surface area contributed by atoms with Crippen LogP contribution in [-0.4, -0.2) is 41.7 Å². The first-order chi connectivity index (χ1) is 10.1. The smallest absolute Gasteiger partial charge is 0.246 e. The maximum atomic E-state index is 11.0. The molecule has 21 heavy (non-hydrogen) atoms. The van der Waals surface area contributed by atoms with Crippen LogP contribution in [0.3, 0.4) is 0 Å². The van der Waals surface area contributed by atoms with E-state index >= 15 is 0 Å². The summed E-state index contributed by atoms with van der Waals surface area (Å²) < 4.78 is 0. The molecule has 1 saturated heterocycles. The van der Waals surface area contributed by atoms with E-state index in [0.717, 1.165) is 45.3 Å². The lowest BCUT2D eigenvalue weighted by Gasteiger charge is -2.33. The molecule has 0 radical (unpaired) electrons. The predicted octanol–water partition coefficient (Wildman–Crippen LogP) is 1.49. The molecule has 1 aliphatic rings. The minimum Gasteiger partial charge on any atom is -0.383 e. The highest BCUT2D eigenvalue weighted by Gasteiger charge is 2.28. The Labute approximate surface area is 126 Å². The molecule has 1 amide bonds. The molecule has 1 atom stereocenters. The summed E-state index contributed by atoms with van der Waals surface area (Å²) in [7, 11) is 0. The Morgan fingerprint density at radius 2 is 2.05 bits per heavy atom. The Bertz CT molecular complexity index is 468. The van der Waals surface area contributed by atoms with Gasteiger partial charge in [-0.05, 0) is 69.3 Å². The van der Waals surface area contributed by atoms with E-state index in [2.05, 4.69) is 36.1 Å². The Morgan fingerprint density at radius 3 is 2.67 bits per heavy atom. The molecule has 1 aromatic rings. The van der Waals surface area contributed by atoms with Gasteiger partial charge in [-0.2, -0.15) is 0 Å². The molecular weight excluding hydrogens is 264 g/mol. The van der Waals surface area contributed by atoms with Crippen LogP contribution in [0.2, 0.25) is 0 Å². The molecule has 1 aliphatic heterocycles. The van der Waals surface area contributed by atoms with Gasteiger partial charge in [0.05, 0.1) is 0 Å². The van der Waals surface area contributed by atoms with E-state index in [4.69, 9.17) is 5.73 Å². The van der Waals surface area contributed by atoms with Gasteiger partial charge in [-0.3, -0.25) is 4.79 Å². The molecule has 0 saturated carbocycles. The lowest BCUT2D eigenvalue weighted by Crippen LogP contribution is -2.43. The Kier molecular flexibility index (Phi) is 5.76. The van der Waals surface area contributed by atoms with Gasteiger partial charge in [0, 0.05) is 0 Å². The summed E-state index contributed by atoms with van der Waals surface area (Å²) in [6.45, 7) is 5.13. The number of amides is 1. The van der Waals surface area contributed by atoms with Crippen LogP contribution in [0.1, 0.15) is 30.4 Å². The third kappa shape index (κ3) is 4.55. The van der Waals surface area contributed by atoms with E-state index < -0.39 is 12.0 Å². The number of carbonyl (C=O) groups excluding carboxylic acids is 1. The molecule has 1 heterocycles. The minimum atomic E-state index is -0.973. The maximum Gasteiger partial charge on any atom is 0.246 e. The summed E-state index contributed by atoms with van der Waals surface area (Å²) >= 11 is 0. The third-order valence-corrected chi connectivity index (χ3v) is 4.55. The monoisotopic (exact) mass is 290 g/mol. The molecular formula is C17H26N2O2. The summed E-state index contributed by atoms with van der Waals surface area (Å²) in [4.78, 5) is 13.4. The second kappa shape index (κ2) is 7.57. The van der Waals surface area contributed by atoms with E-state index in [9.17, 15) is 9.90 Å². The number of likely N-dealkylation sites (tertiary alicyclic amines) is 1. The minimum absolute atomic E-state index is 0.0371. The summed E-state index contributed by atoms with van der Waals surface area (Å²) in [5.41, 5.74) is 7.95. The molecule has 0 bridgehead atoms. The van der Waals surface area contributed by atoms with Crippen molar-refractivity contribution in [2.75, 3.05) is 19.6 Å². The fraction of sp³-hybridized carbons (Fsp3) is 0.588. The normalized spacial score (nSPS) is 18.6. The van der Waals surface area contributed by atoms with Crippen molar-refractivity contribution in [3.8, 4) is 0 Å². The van der Waals surface area contributed by atoms with Crippen molar-refractivity contribution in [3.63, 3.8) is 0 Å². The van der Waals surface area contributed by atoms with Crippen LogP contribution in [0, 0.1) is 12.8 Å². The van der Waals surface area contributed by atoms with Crippen molar-refractivity contribution in [1.29, 1.82) is 0 Å². The number of hydrogen-bond acceptors (Lipinski definition) is 3. The van der Waals surface area contributed by atoms with Crippen molar-refractivity contribution in [2.24, 2.45) is 11.7 Å². The number of aliphatic hydroxyl groups excluding tert-OH is 1. The Hall–Kier alpha value is -1.39. The van der Waals surface area contributed by atoms with Crippen LogP contribution < -0.4 is 5.73 Å². The second-order valence-corrected chi connectivity index (χ2v) is 6.06. The molecule has 4 heteroatoms. The molecule has 1 fully saturated rings. The van der Waals surface area contributed by atoms with Gasteiger partial charge in [-0.25, -0.2) is 0 Å². The quantitative estimate of drug-likeness (QED) is 0.834. The van der Waals surface area contributed by atoms with E-state index in [0.29, 0.717) is 0 Å². The van der Waals surface area contributed by atoms with Crippen LogP contribution in [-0.2, 0) is 11.2 Å². The summed E-state index contributed by atoms with van der Waals surface area (Å²) in [6, 6.07) is 8.53. The van der Waals surface area contributed by atoms with E-state index in [1.807, 2.05) is 0 Å². The van der Waals surface area contributed by atoms with Crippen molar-refractivity contribution in [1.82, 2.24) is 4.90 Å². The van der Waals surface area contributed by atoms with Crippen LogP contribution in [0.25, 0.3) is 0 Å². The number of piperidine rings is 1. The fourth-order valence-corrected chi connectivity index (χ4v) is 3.11. The average Bonchev–Trinajstić information content (AvgIpc) is 2.49. The molecule has 4 nitrogen and oxygen atoms in total. The van der Waals surface area contributed by atoms with Crippen molar-refractivity contribution < 1.29 is 9.90 Å². The second-order valence-electron chi connectivity index (χ2n) is 6.06. The summed E-state index contributed by atoms with van der Waals surface area (Å²) in [5.74, 6) is -0.553. The van der Waals surface area contributed by atoms with Gasteiger partial charge >= 0.3 is 0 Å². The molecule has 2 rings (SSSR count). The number of nitrogens with two attached hydrogens (primary N) is 1. The first kappa shape index (κ1) is 16.0. The number of nitrogens with zero attached hydrogens (tertiary/aromatic N) is 1. The van der Waals surface area contributed by atoms with E-state index in [1.54, 1.807) is 0 Å². The van der Waals surface area contributed by atoms with Crippen molar-refractivity contribution in [3.05, 3.63) is 35.4 Å². The van der Waals surface area contributed by atoms with Gasteiger partial charge in [-0.15, -0.1) is 0 Å². The number of rotatable bonds is 6. The van der Waals surface area contributed by atoms with Gasteiger partial charge in [-0.1, -0.05) is 24.3 Å². The number of benzene rings is 1. The van der Waals surface area contributed by atoms with E-state index in [1.165, 1.54) is 11.1 Å². The zero-order valence-corrected chi connectivity index (χ0v) is 12.8. The highest BCUT2D eigenvalue weighted by molar-refractivity contribution is 5.78. The van der Waals surface area contributed by atoms with Gasteiger partial charge in [0.25, 0.3) is 0 Å². The van der Waals surface area contributed by atoms with Crippen LogP contribution >= 0.6 is 0 Å². The molecule has 3 N–H and O–H groups in total. The maximum absolute atomic E-state index is 11.0. The SMILES string of the molecule is Cc1ccccc1CCCN1CCC([C@@H](O)C(N)=O)CC1. The molecule has 1 aromatic carbocycles. The highest BCUT2D eigenvalue weighted by Crippen LogP contribution is 2.21. The lowest BCUT2D eigenvalue weighted by atomic mass is 9.90. The summed E-state index contributed by atoms with van der Waals surface area (Å²) in [5, 5.41) is 9.70. The van der Waals surface area contributed by atoms with Crippen LogP contribution in [0.4, 0.5) is 0 Å². The first-order valence-corrected chi connectivity index (χ1v) is 7.82. The third-order valence-electron chi connectivity index (χ3n) is 4.55. The summed E-state index contributed by atoms with van der Waals surface area (Å²) in [6.07, 6.45) is 2.99. The van der Waals surface area contributed by atoms with Gasteiger partial charge < -0.3 is 15.7 Å².